The van der Waals surface area contributed by atoms with Crippen LogP contribution >= 0.6 is 0 Å². The fourth-order valence-corrected chi connectivity index (χ4v) is 0.500. The lowest BCUT2D eigenvalue weighted by Gasteiger charge is -1.86. The Labute approximate surface area is 103 Å². The summed E-state index contributed by atoms with van der Waals surface area (Å²) < 4.78 is 0. The van der Waals surface area contributed by atoms with Crippen LogP contribution < -0.4 is 17.4 Å². The third-order valence-electron chi connectivity index (χ3n) is 1.25. The van der Waals surface area contributed by atoms with Crippen molar-refractivity contribution in [3.05, 3.63) is 0 Å². The highest BCUT2D eigenvalue weighted by atomic mass is 15.0. The average Bonchev–Trinajstić information content (AvgIpc) is 2.43. The molecule has 0 radical (unpaired) electrons. The van der Waals surface area contributed by atoms with Gasteiger partial charge in [-0.1, -0.05) is 60.3 Å². The van der Waals surface area contributed by atoms with Gasteiger partial charge in [0.25, 0.3) is 0 Å². The van der Waals surface area contributed by atoms with E-state index in [1.165, 1.54) is 25.7 Å². The molecule has 4 heteroatoms. The van der Waals surface area contributed by atoms with Gasteiger partial charge in [0.1, 0.15) is 0 Å². The molecule has 0 atom stereocenters. The van der Waals surface area contributed by atoms with Crippen molar-refractivity contribution in [1.29, 1.82) is 5.41 Å². The number of hydrogen-bond donors (Lipinski definition) is 4. The fraction of sp³-hybridized carbons (Fsp3) is 0.917. The molecule has 104 valence electrons. The van der Waals surface area contributed by atoms with Crippen molar-refractivity contribution < 1.29 is 0 Å². The van der Waals surface area contributed by atoms with E-state index in [1.54, 1.807) is 0 Å². The van der Waals surface area contributed by atoms with Crippen molar-refractivity contribution in [2.24, 2.45) is 17.4 Å². The molecule has 0 aliphatic heterocycles. The smallest absolute Gasteiger partial charge is 0.00799 e. The molecular formula is C12H36N4. The van der Waals surface area contributed by atoms with Crippen LogP contribution in [0.1, 0.15) is 66.7 Å². The molecule has 4 nitrogen and oxygen atoms in total. The van der Waals surface area contributed by atoms with Gasteiger partial charge in [0, 0.05) is 0 Å². The van der Waals surface area contributed by atoms with Crippen LogP contribution in [0.25, 0.3) is 0 Å². The maximum absolute atomic E-state index is 5.50. The van der Waals surface area contributed by atoms with Crippen molar-refractivity contribution >= 4 is 6.72 Å². The molecular weight excluding hydrogens is 200 g/mol. The van der Waals surface area contributed by atoms with E-state index < -0.39 is 0 Å². The monoisotopic (exact) mass is 236 g/mol. The van der Waals surface area contributed by atoms with Crippen LogP contribution in [0.2, 0.25) is 0 Å². The molecule has 0 aromatic carbocycles. The van der Waals surface area contributed by atoms with Gasteiger partial charge in [-0.3, -0.25) is 11.7 Å². The lowest BCUT2D eigenvalue weighted by Crippen LogP contribution is -2.02. The average molecular weight is 236 g/mol. The van der Waals surface area contributed by atoms with E-state index in [2.05, 4.69) is 39.2 Å². The standard InChI is InChI=1S/C6H14.C3H9N.C2H6.CH3N.H4N2/c1-3-5-6-4-2;1-2-3-4;3*1-2/h3-6H2,1-2H3;2-4H2,1H3;1-2H3;2H,1H2;1-2H2. The summed E-state index contributed by atoms with van der Waals surface area (Å²) in [6.45, 7) is 13.8. The van der Waals surface area contributed by atoms with Crippen LogP contribution in [0.5, 0.6) is 0 Å². The van der Waals surface area contributed by atoms with Crippen molar-refractivity contribution in [1.82, 2.24) is 0 Å². The van der Waals surface area contributed by atoms with Crippen LogP contribution in [-0.4, -0.2) is 13.3 Å². The van der Waals surface area contributed by atoms with Gasteiger partial charge in [0.05, 0.1) is 0 Å². The zero-order valence-electron chi connectivity index (χ0n) is 12.2. The molecule has 0 aromatic heterocycles. The molecule has 0 heterocycles. The SMILES string of the molecule is C=N.CC.CCCCCC.CCCN.NN. The number of unbranched alkanes of at least 4 members (excludes halogenated alkanes) is 3. The van der Waals surface area contributed by atoms with Crippen LogP contribution in [0.3, 0.4) is 0 Å². The summed E-state index contributed by atoms with van der Waals surface area (Å²) in [4.78, 5) is 0. The first-order valence-electron chi connectivity index (χ1n) is 6.22. The Hall–Kier alpha value is -0.450. The lowest BCUT2D eigenvalue weighted by atomic mass is 10.2. The molecule has 0 saturated heterocycles. The molecule has 0 unspecified atom stereocenters. The predicted molar refractivity (Wildman–Crippen MR) is 78.7 cm³/mol. The highest BCUT2D eigenvalue weighted by Crippen LogP contribution is 1.95. The maximum atomic E-state index is 5.50. The Morgan fingerprint density at radius 3 is 1.06 bits per heavy atom. The van der Waals surface area contributed by atoms with E-state index in [1.807, 2.05) is 13.8 Å². The first kappa shape index (κ1) is 29.6. The highest BCUT2D eigenvalue weighted by Gasteiger charge is 1.75. The topological polar surface area (TPSA) is 102 Å². The largest absolute Gasteiger partial charge is 0.330 e. The van der Waals surface area contributed by atoms with E-state index in [0.29, 0.717) is 0 Å². The third-order valence-corrected chi connectivity index (χ3v) is 1.25. The number of rotatable bonds is 4. The first-order chi connectivity index (χ1) is 7.83. The van der Waals surface area contributed by atoms with E-state index in [9.17, 15) is 0 Å². The van der Waals surface area contributed by atoms with E-state index in [0.717, 1.165) is 13.0 Å². The number of nitrogens with two attached hydrogens (primary N) is 3. The summed E-state index contributed by atoms with van der Waals surface area (Å²) in [5, 5.41) is 5.50. The molecule has 0 saturated carbocycles. The molecule has 0 rings (SSSR count). The van der Waals surface area contributed by atoms with Gasteiger partial charge in [0.2, 0.25) is 0 Å². The minimum Gasteiger partial charge on any atom is -0.330 e. The second kappa shape index (κ2) is 86.7. The molecule has 0 amide bonds. The van der Waals surface area contributed by atoms with Gasteiger partial charge in [-0.25, -0.2) is 0 Å². The molecule has 0 aromatic rings. The fourth-order valence-electron chi connectivity index (χ4n) is 0.500. The Morgan fingerprint density at radius 1 is 0.812 bits per heavy atom. The Kier molecular flexibility index (Phi) is 160. The summed E-state index contributed by atoms with van der Waals surface area (Å²) in [5.74, 6) is 8.00. The Bertz CT molecular complexity index is 46.3. The summed E-state index contributed by atoms with van der Waals surface area (Å²) in [6.07, 6.45) is 6.63. The Balaban J connectivity index is -0.0000000354. The molecule has 7 N–H and O–H groups in total. The van der Waals surface area contributed by atoms with Gasteiger partial charge in [-0.15, -0.1) is 0 Å². The summed E-state index contributed by atoms with van der Waals surface area (Å²) >= 11 is 0. The predicted octanol–water partition coefficient (Wildman–Crippen LogP) is 3.05. The molecule has 0 spiro atoms. The van der Waals surface area contributed by atoms with Gasteiger partial charge in [-0.2, -0.15) is 0 Å². The summed E-state index contributed by atoms with van der Waals surface area (Å²) in [6, 6.07) is 0. The van der Waals surface area contributed by atoms with Crippen LogP contribution in [0, 0.1) is 5.41 Å². The normalized spacial score (nSPS) is 6.25. The second-order valence-corrected chi connectivity index (χ2v) is 2.50. The number of nitrogens with one attached hydrogen (secondary N) is 1. The van der Waals surface area contributed by atoms with Crippen LogP contribution in [0.15, 0.2) is 0 Å². The lowest BCUT2D eigenvalue weighted by molar-refractivity contribution is 0.702. The van der Waals surface area contributed by atoms with Crippen molar-refractivity contribution in [3.63, 3.8) is 0 Å². The minimum absolute atomic E-state index is 0.819. The molecule has 0 bridgehead atoms. The van der Waals surface area contributed by atoms with Crippen molar-refractivity contribution in [3.8, 4) is 0 Å². The Morgan fingerprint density at radius 2 is 1.00 bits per heavy atom. The van der Waals surface area contributed by atoms with E-state index in [-0.39, 0.29) is 0 Å². The van der Waals surface area contributed by atoms with Crippen LogP contribution in [-0.2, 0) is 0 Å². The van der Waals surface area contributed by atoms with E-state index in [4.69, 9.17) is 11.1 Å². The van der Waals surface area contributed by atoms with Crippen molar-refractivity contribution in [2.75, 3.05) is 6.54 Å². The van der Waals surface area contributed by atoms with Crippen molar-refractivity contribution in [2.45, 2.75) is 66.7 Å². The molecule has 0 aliphatic rings. The van der Waals surface area contributed by atoms with Gasteiger partial charge in [-0.05, 0) is 19.7 Å². The molecule has 16 heavy (non-hydrogen) atoms. The molecule has 0 fully saturated rings. The second-order valence-electron chi connectivity index (χ2n) is 2.50. The minimum atomic E-state index is 0.819. The quantitative estimate of drug-likeness (QED) is 0.261. The van der Waals surface area contributed by atoms with Gasteiger partial charge >= 0.3 is 0 Å². The zero-order valence-corrected chi connectivity index (χ0v) is 12.2. The number of hydrogen-bond acceptors (Lipinski definition) is 4. The first-order valence-corrected chi connectivity index (χ1v) is 6.22. The van der Waals surface area contributed by atoms with E-state index >= 15 is 0 Å². The highest BCUT2D eigenvalue weighted by molar-refractivity contribution is 5.15. The van der Waals surface area contributed by atoms with Crippen LogP contribution in [0.4, 0.5) is 0 Å². The third kappa shape index (κ3) is 169. The summed E-state index contributed by atoms with van der Waals surface area (Å²) in [7, 11) is 0. The molecule has 0 aliphatic carbocycles. The number of hydrazine groups is 1. The zero-order chi connectivity index (χ0) is 14.2. The summed E-state index contributed by atoms with van der Waals surface area (Å²) in [5.41, 5.74) is 5.03. The van der Waals surface area contributed by atoms with Gasteiger partial charge in [0.15, 0.2) is 0 Å². The van der Waals surface area contributed by atoms with Gasteiger partial charge < -0.3 is 11.1 Å². The maximum Gasteiger partial charge on any atom is -0.00799 e.